The molecule has 2 N–H and O–H groups in total. The highest BCUT2D eigenvalue weighted by molar-refractivity contribution is 5.92. The van der Waals surface area contributed by atoms with Gasteiger partial charge in [-0.3, -0.25) is 9.69 Å². The Morgan fingerprint density at radius 3 is 2.61 bits per heavy atom. The highest BCUT2D eigenvalue weighted by Crippen LogP contribution is 2.20. The molecule has 23 heavy (non-hydrogen) atoms. The second kappa shape index (κ2) is 7.97. The van der Waals surface area contributed by atoms with E-state index in [2.05, 4.69) is 10.6 Å². The molecule has 1 fully saturated rings. The largest absolute Gasteiger partial charge is 0.369 e. The van der Waals surface area contributed by atoms with Gasteiger partial charge in [0.1, 0.15) is 6.61 Å². The number of carbonyl (C=O) groups is 2. The van der Waals surface area contributed by atoms with E-state index >= 15 is 0 Å². The van der Waals surface area contributed by atoms with Gasteiger partial charge < -0.3 is 15.4 Å². The molecule has 6 nitrogen and oxygen atoms in total. The number of nitrogens with zero attached hydrogens (tertiary/aromatic N) is 1. The minimum Gasteiger partial charge on any atom is -0.369 e. The van der Waals surface area contributed by atoms with Crippen LogP contribution in [0, 0.1) is 0 Å². The molecular formula is C17H25N3O3. The van der Waals surface area contributed by atoms with E-state index in [0.29, 0.717) is 0 Å². The minimum atomic E-state index is -0.134. The van der Waals surface area contributed by atoms with Crippen molar-refractivity contribution >= 4 is 17.6 Å². The third-order valence-electron chi connectivity index (χ3n) is 3.71. The van der Waals surface area contributed by atoms with Crippen molar-refractivity contribution in [1.29, 1.82) is 0 Å². The molecule has 0 aliphatic carbocycles. The number of rotatable bonds is 6. The van der Waals surface area contributed by atoms with Crippen LogP contribution in [0.25, 0.3) is 0 Å². The molecule has 0 bridgehead atoms. The highest BCUT2D eigenvalue weighted by Gasteiger charge is 2.19. The topological polar surface area (TPSA) is 70.7 Å². The van der Waals surface area contributed by atoms with Crippen LogP contribution in [0.3, 0.4) is 0 Å². The van der Waals surface area contributed by atoms with Gasteiger partial charge in [-0.15, -0.1) is 0 Å². The molecular weight excluding hydrogens is 294 g/mol. The van der Waals surface area contributed by atoms with E-state index in [-0.39, 0.29) is 30.7 Å². The minimum absolute atomic E-state index is 0.0334. The summed E-state index contributed by atoms with van der Waals surface area (Å²) in [6.07, 6.45) is 0.974. The van der Waals surface area contributed by atoms with E-state index < -0.39 is 0 Å². The quantitative estimate of drug-likeness (QED) is 0.844. The summed E-state index contributed by atoms with van der Waals surface area (Å²) in [7, 11) is 0. The summed E-state index contributed by atoms with van der Waals surface area (Å²) in [6.45, 7) is 7.24. The van der Waals surface area contributed by atoms with Gasteiger partial charge >= 0.3 is 6.03 Å². The van der Waals surface area contributed by atoms with E-state index in [1.165, 1.54) is 0 Å². The van der Waals surface area contributed by atoms with E-state index in [1.807, 2.05) is 45.0 Å². The molecule has 0 aromatic heterocycles. The van der Waals surface area contributed by atoms with E-state index in [0.717, 1.165) is 30.8 Å². The number of anilines is 1. The van der Waals surface area contributed by atoms with Gasteiger partial charge in [-0.1, -0.05) is 12.1 Å². The Morgan fingerprint density at radius 2 is 2.00 bits per heavy atom. The molecule has 1 atom stereocenters. The zero-order chi connectivity index (χ0) is 16.8. The van der Waals surface area contributed by atoms with Crippen molar-refractivity contribution in [2.45, 2.75) is 39.3 Å². The zero-order valence-electron chi connectivity index (χ0n) is 14.0. The first-order valence-corrected chi connectivity index (χ1v) is 8.03. The maximum absolute atomic E-state index is 11.8. The fourth-order valence-electron chi connectivity index (χ4n) is 2.43. The van der Waals surface area contributed by atoms with Crippen LogP contribution in [0.2, 0.25) is 0 Å². The van der Waals surface area contributed by atoms with Crippen LogP contribution in [0.1, 0.15) is 38.8 Å². The molecule has 1 aromatic rings. The lowest BCUT2D eigenvalue weighted by Crippen LogP contribution is -2.46. The van der Waals surface area contributed by atoms with Crippen molar-refractivity contribution in [3.05, 3.63) is 29.8 Å². The Balaban J connectivity index is 1.93. The van der Waals surface area contributed by atoms with Gasteiger partial charge in [-0.2, -0.15) is 0 Å². The molecule has 1 aromatic carbocycles. The van der Waals surface area contributed by atoms with Crippen LogP contribution in [0.15, 0.2) is 24.3 Å². The summed E-state index contributed by atoms with van der Waals surface area (Å²) in [6, 6.07) is 7.52. The number of benzene rings is 1. The highest BCUT2D eigenvalue weighted by atomic mass is 16.5. The number of amides is 3. The van der Waals surface area contributed by atoms with Crippen LogP contribution in [0.4, 0.5) is 10.5 Å². The molecule has 1 heterocycles. The van der Waals surface area contributed by atoms with Crippen LogP contribution in [-0.2, 0) is 9.53 Å². The maximum atomic E-state index is 11.8. The summed E-state index contributed by atoms with van der Waals surface area (Å²) in [4.78, 5) is 25.4. The van der Waals surface area contributed by atoms with Crippen LogP contribution >= 0.6 is 0 Å². The fraction of sp³-hybridized carbons (Fsp3) is 0.529. The summed E-state index contributed by atoms with van der Waals surface area (Å²) in [5.74, 6) is -0.134. The van der Waals surface area contributed by atoms with Crippen molar-refractivity contribution in [2.75, 3.05) is 24.6 Å². The van der Waals surface area contributed by atoms with Gasteiger partial charge in [0.15, 0.2) is 0 Å². The third kappa shape index (κ3) is 4.96. The molecule has 1 saturated heterocycles. The lowest BCUT2D eigenvalue weighted by atomic mass is 10.1. The maximum Gasteiger partial charge on any atom is 0.321 e. The second-order valence-corrected chi connectivity index (χ2v) is 5.98. The first-order chi connectivity index (χ1) is 11.0. The number of urea groups is 1. The molecule has 2 rings (SSSR count). The van der Waals surface area contributed by atoms with Crippen LogP contribution in [-0.4, -0.2) is 37.7 Å². The summed E-state index contributed by atoms with van der Waals surface area (Å²) >= 11 is 0. The normalized spacial score (nSPS) is 16.2. The predicted molar refractivity (Wildman–Crippen MR) is 89.4 cm³/mol. The number of hydrogen-bond donors (Lipinski definition) is 2. The number of nitrogens with one attached hydrogen (secondary N) is 2. The van der Waals surface area contributed by atoms with E-state index in [9.17, 15) is 9.59 Å². The Bertz CT molecular complexity index is 543. The van der Waals surface area contributed by atoms with Crippen molar-refractivity contribution in [1.82, 2.24) is 10.6 Å². The van der Waals surface area contributed by atoms with E-state index in [4.69, 9.17) is 4.74 Å². The first kappa shape index (κ1) is 17.3. The molecule has 1 unspecified atom stereocenters. The van der Waals surface area contributed by atoms with Gasteiger partial charge in [0.25, 0.3) is 0 Å². The van der Waals surface area contributed by atoms with Crippen LogP contribution in [0.5, 0.6) is 0 Å². The van der Waals surface area contributed by atoms with Crippen molar-refractivity contribution < 1.29 is 14.3 Å². The Kier molecular flexibility index (Phi) is 5.98. The zero-order valence-corrected chi connectivity index (χ0v) is 14.0. The fourth-order valence-corrected chi connectivity index (χ4v) is 2.43. The Labute approximate surface area is 137 Å². The average Bonchev–Trinajstić information content (AvgIpc) is 2.53. The Hall–Kier alpha value is -2.08. The van der Waals surface area contributed by atoms with Gasteiger partial charge in [-0.25, -0.2) is 4.79 Å². The molecule has 0 saturated carbocycles. The lowest BCUT2D eigenvalue weighted by molar-refractivity contribution is -0.127. The summed E-state index contributed by atoms with van der Waals surface area (Å²) < 4.78 is 5.29. The molecule has 0 radical (unpaired) electrons. The number of carbonyl (C=O) groups excluding carboxylic acids is 2. The molecule has 1 aliphatic heterocycles. The lowest BCUT2D eigenvalue weighted by Gasteiger charge is -2.27. The smallest absolute Gasteiger partial charge is 0.321 e. The molecule has 3 amide bonds. The average molecular weight is 319 g/mol. The van der Waals surface area contributed by atoms with Gasteiger partial charge in [0.05, 0.1) is 12.1 Å². The van der Waals surface area contributed by atoms with E-state index in [1.54, 1.807) is 4.90 Å². The standard InChI is InChI=1S/C17H25N3O3/c1-12(2)23-11-16(21)19-13(3)14-5-7-15(8-6-14)20-10-4-9-18-17(20)22/h5-8,12-13H,4,9-11H2,1-3H3,(H,18,22)(H,19,21). The number of ether oxygens (including phenoxy) is 1. The monoisotopic (exact) mass is 319 g/mol. The third-order valence-corrected chi connectivity index (χ3v) is 3.71. The first-order valence-electron chi connectivity index (χ1n) is 8.03. The summed E-state index contributed by atoms with van der Waals surface area (Å²) in [5, 5.41) is 5.74. The number of hydrogen-bond acceptors (Lipinski definition) is 3. The molecule has 0 spiro atoms. The SMILES string of the molecule is CC(C)OCC(=O)NC(C)c1ccc(N2CCCNC2=O)cc1. The molecule has 126 valence electrons. The predicted octanol–water partition coefficient (Wildman–Crippen LogP) is 2.21. The Morgan fingerprint density at radius 1 is 1.30 bits per heavy atom. The van der Waals surface area contributed by atoms with Crippen molar-refractivity contribution in [3.8, 4) is 0 Å². The van der Waals surface area contributed by atoms with Gasteiger partial charge in [0, 0.05) is 18.8 Å². The summed E-state index contributed by atoms with van der Waals surface area (Å²) in [5.41, 5.74) is 1.86. The molecule has 1 aliphatic rings. The second-order valence-electron chi connectivity index (χ2n) is 5.98. The van der Waals surface area contributed by atoms with Crippen molar-refractivity contribution in [3.63, 3.8) is 0 Å². The molecule has 6 heteroatoms. The van der Waals surface area contributed by atoms with Crippen LogP contribution < -0.4 is 15.5 Å². The van der Waals surface area contributed by atoms with Crippen molar-refractivity contribution in [2.24, 2.45) is 0 Å². The van der Waals surface area contributed by atoms with Gasteiger partial charge in [0.2, 0.25) is 5.91 Å². The van der Waals surface area contributed by atoms with Gasteiger partial charge in [-0.05, 0) is 44.9 Å².